The Kier molecular flexibility index (Phi) is 2.05. The largest absolute Gasteiger partial charge is 1.00 e. The van der Waals surface area contributed by atoms with Gasteiger partial charge in [-0.25, -0.2) is 0 Å². The summed E-state index contributed by atoms with van der Waals surface area (Å²) in [6.45, 7) is 0. The molecule has 0 spiro atoms. The number of rotatable bonds is 0. The molecule has 0 atom stereocenters. The Hall–Kier alpha value is 0.750. The van der Waals surface area contributed by atoms with Gasteiger partial charge in [0.2, 0.25) is 0 Å². The van der Waals surface area contributed by atoms with E-state index in [2.05, 4.69) is 0 Å². The molecule has 0 fully saturated rings. The molecular formula is AgF6P. The van der Waals surface area contributed by atoms with Crippen molar-refractivity contribution in [1.82, 2.24) is 0 Å². The molecule has 0 aliphatic rings. The Morgan fingerprint density at radius 1 is 0.625 bits per heavy atom. The van der Waals surface area contributed by atoms with Crippen molar-refractivity contribution in [2.45, 2.75) is 0 Å². The first-order valence-corrected chi connectivity index (χ1v) is 3.04. The van der Waals surface area contributed by atoms with Gasteiger partial charge in [-0.05, 0) is 0 Å². The molecule has 58 valence electrons. The summed E-state index contributed by atoms with van der Waals surface area (Å²) >= 11 is 0. The minimum Gasteiger partial charge on any atom is 1.00 e. The molecule has 0 heterocycles. The van der Waals surface area contributed by atoms with Crippen LogP contribution in [-0.2, 0) is 22.4 Å². The van der Waals surface area contributed by atoms with Crippen molar-refractivity contribution in [1.29, 1.82) is 0 Å². The summed E-state index contributed by atoms with van der Waals surface area (Å²) in [7, 11) is -10.7. The average molecular weight is 253 g/mol. The second kappa shape index (κ2) is 1.42. The molecule has 0 nitrogen and oxygen atoms in total. The van der Waals surface area contributed by atoms with Crippen LogP contribution in [0.2, 0.25) is 0 Å². The van der Waals surface area contributed by atoms with Crippen LogP contribution in [0.15, 0.2) is 0 Å². The molecule has 0 saturated carbocycles. The molecule has 8 heteroatoms. The maximum absolute atomic E-state index is 10.7. The Balaban J connectivity index is 0. The monoisotopic (exact) mass is 252 g/mol. The topological polar surface area (TPSA) is 0 Å². The first-order valence-electron chi connectivity index (χ1n) is 1.01. The van der Waals surface area contributed by atoms with Gasteiger partial charge < -0.3 is 0 Å². The standard InChI is InChI=1S/Ag.F6P/c;1-7(2,3,4,5)6/q+1;-1. The van der Waals surface area contributed by atoms with Crippen molar-refractivity contribution in [2.24, 2.45) is 0 Å². The maximum Gasteiger partial charge on any atom is 1.00 e. The van der Waals surface area contributed by atoms with Crippen molar-refractivity contribution in [2.75, 3.05) is 0 Å². The van der Waals surface area contributed by atoms with E-state index in [1.165, 1.54) is 0 Å². The molecule has 0 aliphatic heterocycles. The number of halogens is 6. The van der Waals surface area contributed by atoms with E-state index in [1.54, 1.807) is 0 Å². The average Bonchev–Trinajstić information content (AvgIpc) is 0.592. The van der Waals surface area contributed by atoms with E-state index in [9.17, 15) is 25.2 Å². The summed E-state index contributed by atoms with van der Waals surface area (Å²) in [6.07, 6.45) is 0. The predicted molar refractivity (Wildman–Crippen MR) is 13.6 cm³/mol. The van der Waals surface area contributed by atoms with Crippen molar-refractivity contribution >= 4 is 7.81 Å². The van der Waals surface area contributed by atoms with Crippen molar-refractivity contribution in [3.8, 4) is 0 Å². The maximum atomic E-state index is 9.87. The zero-order chi connectivity index (χ0) is 6.41. The molecule has 0 radical (unpaired) electrons. The van der Waals surface area contributed by atoms with E-state index < -0.39 is 7.81 Å². The smallest absolute Gasteiger partial charge is 1.00 e. The molecule has 0 aliphatic carbocycles. The van der Waals surface area contributed by atoms with E-state index in [0.29, 0.717) is 0 Å². The van der Waals surface area contributed by atoms with Crippen LogP contribution in [0.1, 0.15) is 0 Å². The summed E-state index contributed by atoms with van der Waals surface area (Å²) in [5, 5.41) is 0. The van der Waals surface area contributed by atoms with Gasteiger partial charge in [-0.15, -0.1) is 0 Å². The number of hydrogen-bond acceptors (Lipinski definition) is 0. The molecule has 0 aromatic rings. The van der Waals surface area contributed by atoms with Crippen LogP contribution in [0.5, 0.6) is 0 Å². The van der Waals surface area contributed by atoms with Gasteiger partial charge in [0.15, 0.2) is 0 Å². The third-order valence-electron chi connectivity index (χ3n) is 0. The summed E-state index contributed by atoms with van der Waals surface area (Å²) in [4.78, 5) is 0. The van der Waals surface area contributed by atoms with Crippen LogP contribution >= 0.6 is 7.81 Å². The van der Waals surface area contributed by atoms with Crippen LogP contribution in [0, 0.1) is 0 Å². The Labute approximate surface area is 56.0 Å². The van der Waals surface area contributed by atoms with Crippen molar-refractivity contribution < 1.29 is 47.6 Å². The van der Waals surface area contributed by atoms with Crippen molar-refractivity contribution in [3.05, 3.63) is 0 Å². The summed E-state index contributed by atoms with van der Waals surface area (Å²) in [5.74, 6) is 0. The fourth-order valence-corrected chi connectivity index (χ4v) is 0. The molecule has 0 saturated heterocycles. The second-order valence-electron chi connectivity index (χ2n) is 0.958. The molecule has 0 rings (SSSR count). The van der Waals surface area contributed by atoms with Gasteiger partial charge in [-0.2, -0.15) is 0 Å². The third-order valence-corrected chi connectivity index (χ3v) is 0. The zero-order valence-electron chi connectivity index (χ0n) is 3.02. The van der Waals surface area contributed by atoms with E-state index >= 15 is 0 Å². The number of hydrogen-bond donors (Lipinski definition) is 0. The van der Waals surface area contributed by atoms with Crippen LogP contribution in [0.4, 0.5) is 25.2 Å². The Bertz CT molecular complexity index is 67.1. The molecule has 0 N–H and O–H groups in total. The summed E-state index contributed by atoms with van der Waals surface area (Å²) < 4.78 is 59.2. The minimum atomic E-state index is -10.7. The fourth-order valence-electron chi connectivity index (χ4n) is 0. The normalized spacial score (nSPS) is 20.2. The fraction of sp³-hybridized carbons (Fsp3) is 0. The van der Waals surface area contributed by atoms with Gasteiger partial charge in [0.05, 0.1) is 0 Å². The van der Waals surface area contributed by atoms with Gasteiger partial charge in [-0.1, -0.05) is 0 Å². The van der Waals surface area contributed by atoms with Crippen molar-refractivity contribution in [3.63, 3.8) is 0 Å². The Morgan fingerprint density at radius 3 is 0.625 bits per heavy atom. The van der Waals surface area contributed by atoms with Crippen LogP contribution in [0.25, 0.3) is 0 Å². The summed E-state index contributed by atoms with van der Waals surface area (Å²) in [5.41, 5.74) is 0. The predicted octanol–water partition coefficient (Wildman–Crippen LogP) is 3.38. The van der Waals surface area contributed by atoms with Gasteiger partial charge >= 0.3 is 55.4 Å². The molecule has 0 aromatic carbocycles. The van der Waals surface area contributed by atoms with E-state index in [0.717, 1.165) is 0 Å². The first-order chi connectivity index (χ1) is 2.45. The van der Waals surface area contributed by atoms with Crippen LogP contribution in [-0.4, -0.2) is 0 Å². The minimum absolute atomic E-state index is 0. The van der Waals surface area contributed by atoms with Gasteiger partial charge in [0.25, 0.3) is 0 Å². The SMILES string of the molecule is F[P-](F)(F)(F)(F)F.[Ag+]. The molecule has 0 bridgehead atoms. The second-order valence-corrected chi connectivity index (χ2v) is 2.87. The molecular weight excluding hydrogens is 253 g/mol. The molecule has 0 aromatic heterocycles. The van der Waals surface area contributed by atoms with Gasteiger partial charge in [-0.3, -0.25) is 0 Å². The zero-order valence-corrected chi connectivity index (χ0v) is 5.39. The van der Waals surface area contributed by atoms with Crippen LogP contribution in [0.3, 0.4) is 0 Å². The summed E-state index contributed by atoms with van der Waals surface area (Å²) in [6, 6.07) is 0. The molecule has 8 heavy (non-hydrogen) atoms. The van der Waals surface area contributed by atoms with E-state index in [-0.39, 0.29) is 22.4 Å². The van der Waals surface area contributed by atoms with E-state index in [4.69, 9.17) is 0 Å². The van der Waals surface area contributed by atoms with Gasteiger partial charge in [0.1, 0.15) is 0 Å². The molecule has 0 amide bonds. The first kappa shape index (κ1) is 11.5. The molecule has 0 unspecified atom stereocenters. The van der Waals surface area contributed by atoms with Gasteiger partial charge in [0, 0.05) is 0 Å². The van der Waals surface area contributed by atoms with E-state index in [1.807, 2.05) is 0 Å². The van der Waals surface area contributed by atoms with Crippen LogP contribution < -0.4 is 0 Å². The third kappa shape index (κ3) is 397. The quantitative estimate of drug-likeness (QED) is 0.352. The Morgan fingerprint density at radius 2 is 0.625 bits per heavy atom.